The maximum absolute atomic E-state index is 9.68. The predicted molar refractivity (Wildman–Crippen MR) is 104 cm³/mol. The first-order valence-electron chi connectivity index (χ1n) is 9.40. The third-order valence-electron chi connectivity index (χ3n) is 5.66. The summed E-state index contributed by atoms with van der Waals surface area (Å²) in [6, 6.07) is 7.98. The smallest absolute Gasteiger partial charge is 0.137 e. The molecule has 1 atom stereocenters. The molecule has 3 aromatic rings. The van der Waals surface area contributed by atoms with Crippen LogP contribution in [0.4, 0.5) is 5.69 Å². The summed E-state index contributed by atoms with van der Waals surface area (Å²) in [5.74, 6) is 2.54. The fourth-order valence-electron chi connectivity index (χ4n) is 4.44. The molecule has 1 unspecified atom stereocenters. The molecule has 0 aliphatic carbocycles. The molecule has 4 heterocycles. The molecule has 1 saturated heterocycles. The van der Waals surface area contributed by atoms with Gasteiger partial charge in [-0.15, -0.1) is 10.2 Å². The van der Waals surface area contributed by atoms with Gasteiger partial charge in [0.2, 0.25) is 0 Å². The Hall–Kier alpha value is -2.65. The molecule has 136 valence electrons. The lowest BCUT2D eigenvalue weighted by Crippen LogP contribution is -2.36. The SMILES string of the molecule is N#Cc1cnc2ccc(Cl)cc2c1N1CCCC(c2nnc3n2CCC3)C1. The monoisotopic (exact) mass is 378 g/mol. The maximum Gasteiger partial charge on any atom is 0.137 e. The van der Waals surface area contributed by atoms with Crippen LogP contribution in [-0.2, 0) is 13.0 Å². The van der Waals surface area contributed by atoms with E-state index in [0.717, 1.165) is 73.6 Å². The van der Waals surface area contributed by atoms with Gasteiger partial charge >= 0.3 is 0 Å². The van der Waals surface area contributed by atoms with Gasteiger partial charge in [0.25, 0.3) is 0 Å². The van der Waals surface area contributed by atoms with E-state index in [1.807, 2.05) is 18.2 Å². The summed E-state index contributed by atoms with van der Waals surface area (Å²) in [5.41, 5.74) is 2.40. The molecule has 0 spiro atoms. The molecule has 0 N–H and O–H groups in total. The van der Waals surface area contributed by atoms with Gasteiger partial charge in [0, 0.05) is 48.6 Å². The Bertz CT molecular complexity index is 1070. The zero-order chi connectivity index (χ0) is 18.4. The topological polar surface area (TPSA) is 70.6 Å². The fourth-order valence-corrected chi connectivity index (χ4v) is 4.61. The van der Waals surface area contributed by atoms with E-state index >= 15 is 0 Å². The molecule has 2 aliphatic rings. The Morgan fingerprint density at radius 3 is 3.00 bits per heavy atom. The van der Waals surface area contributed by atoms with Gasteiger partial charge in [-0.25, -0.2) is 0 Å². The van der Waals surface area contributed by atoms with Crippen molar-refractivity contribution in [3.05, 3.63) is 46.6 Å². The highest BCUT2D eigenvalue weighted by molar-refractivity contribution is 6.31. The molecule has 27 heavy (non-hydrogen) atoms. The quantitative estimate of drug-likeness (QED) is 0.680. The normalized spacial score (nSPS) is 19.3. The number of piperidine rings is 1. The van der Waals surface area contributed by atoms with Crippen LogP contribution < -0.4 is 4.90 Å². The number of pyridine rings is 1. The van der Waals surface area contributed by atoms with Gasteiger partial charge in [0.05, 0.1) is 16.8 Å². The Morgan fingerprint density at radius 1 is 1.19 bits per heavy atom. The van der Waals surface area contributed by atoms with Crippen molar-refractivity contribution >= 4 is 28.2 Å². The first-order chi connectivity index (χ1) is 13.2. The van der Waals surface area contributed by atoms with Gasteiger partial charge < -0.3 is 9.47 Å². The highest BCUT2D eigenvalue weighted by Crippen LogP contribution is 2.36. The number of fused-ring (bicyclic) bond motifs is 2. The second-order valence-electron chi connectivity index (χ2n) is 7.31. The van der Waals surface area contributed by atoms with E-state index in [9.17, 15) is 5.26 Å². The van der Waals surface area contributed by atoms with Crippen LogP contribution in [-0.4, -0.2) is 32.8 Å². The zero-order valence-electron chi connectivity index (χ0n) is 14.9. The van der Waals surface area contributed by atoms with Crippen LogP contribution in [0.2, 0.25) is 5.02 Å². The molecule has 0 amide bonds. The third-order valence-corrected chi connectivity index (χ3v) is 5.90. The van der Waals surface area contributed by atoms with E-state index in [-0.39, 0.29) is 0 Å². The molecule has 5 rings (SSSR count). The van der Waals surface area contributed by atoms with E-state index < -0.39 is 0 Å². The summed E-state index contributed by atoms with van der Waals surface area (Å²) in [5, 5.41) is 20.2. The zero-order valence-corrected chi connectivity index (χ0v) is 15.7. The van der Waals surface area contributed by atoms with Gasteiger partial charge in [-0.05, 0) is 37.5 Å². The maximum atomic E-state index is 9.68. The van der Waals surface area contributed by atoms with Crippen LogP contribution in [0, 0.1) is 11.3 Å². The number of hydrogen-bond acceptors (Lipinski definition) is 5. The second-order valence-corrected chi connectivity index (χ2v) is 7.74. The molecule has 1 fully saturated rings. The number of nitrogens with zero attached hydrogens (tertiary/aromatic N) is 6. The molecule has 0 radical (unpaired) electrons. The van der Waals surface area contributed by atoms with Crippen LogP contribution in [0.25, 0.3) is 10.9 Å². The lowest BCUT2D eigenvalue weighted by molar-refractivity contribution is 0.473. The lowest BCUT2D eigenvalue weighted by Gasteiger charge is -2.35. The minimum atomic E-state index is 0.326. The third kappa shape index (κ3) is 2.74. The van der Waals surface area contributed by atoms with Crippen molar-refractivity contribution in [3.63, 3.8) is 0 Å². The van der Waals surface area contributed by atoms with Crippen molar-refractivity contribution in [1.82, 2.24) is 19.7 Å². The first-order valence-corrected chi connectivity index (χ1v) is 9.77. The number of aryl methyl sites for hydroxylation is 1. The van der Waals surface area contributed by atoms with Gasteiger partial charge in [-0.2, -0.15) is 5.26 Å². The number of rotatable bonds is 2. The molecule has 2 aliphatic heterocycles. The predicted octanol–water partition coefficient (Wildman–Crippen LogP) is 3.68. The van der Waals surface area contributed by atoms with Crippen LogP contribution in [0.15, 0.2) is 24.4 Å². The number of benzene rings is 1. The lowest BCUT2D eigenvalue weighted by atomic mass is 9.95. The summed E-state index contributed by atoms with van der Waals surface area (Å²) >= 11 is 6.25. The van der Waals surface area contributed by atoms with Gasteiger partial charge in [0.1, 0.15) is 17.7 Å². The molecule has 0 bridgehead atoms. The average Bonchev–Trinajstić information content (AvgIpc) is 3.30. The molecular formula is C20H19ClN6. The van der Waals surface area contributed by atoms with Crippen molar-refractivity contribution in [2.45, 2.75) is 38.1 Å². The Labute approximate surface area is 162 Å². The Morgan fingerprint density at radius 2 is 2.11 bits per heavy atom. The summed E-state index contributed by atoms with van der Waals surface area (Å²) in [6.45, 7) is 2.77. The number of hydrogen-bond donors (Lipinski definition) is 0. The second kappa shape index (κ2) is 6.50. The highest BCUT2D eigenvalue weighted by Gasteiger charge is 2.30. The number of aromatic nitrogens is 4. The molecule has 7 heteroatoms. The van der Waals surface area contributed by atoms with Crippen LogP contribution in [0.3, 0.4) is 0 Å². The minimum Gasteiger partial charge on any atom is -0.369 e. The van der Waals surface area contributed by atoms with E-state index in [2.05, 4.69) is 30.7 Å². The Kier molecular flexibility index (Phi) is 3.98. The summed E-state index contributed by atoms with van der Waals surface area (Å²) in [4.78, 5) is 6.74. The van der Waals surface area contributed by atoms with Crippen LogP contribution >= 0.6 is 11.6 Å². The van der Waals surface area contributed by atoms with Crippen molar-refractivity contribution in [2.24, 2.45) is 0 Å². The summed E-state index contributed by atoms with van der Waals surface area (Å²) in [6.07, 6.45) is 6.00. The summed E-state index contributed by atoms with van der Waals surface area (Å²) < 4.78 is 2.29. The van der Waals surface area contributed by atoms with E-state index in [1.54, 1.807) is 6.20 Å². The number of halogens is 1. The van der Waals surface area contributed by atoms with Crippen molar-refractivity contribution in [2.75, 3.05) is 18.0 Å². The Balaban J connectivity index is 1.56. The van der Waals surface area contributed by atoms with Gasteiger partial charge in [-0.1, -0.05) is 11.6 Å². The number of anilines is 1. The first kappa shape index (κ1) is 16.5. The van der Waals surface area contributed by atoms with Crippen LogP contribution in [0.1, 0.15) is 42.4 Å². The molecule has 0 saturated carbocycles. The van der Waals surface area contributed by atoms with Crippen molar-refractivity contribution in [3.8, 4) is 6.07 Å². The number of nitriles is 1. The van der Waals surface area contributed by atoms with E-state index in [4.69, 9.17) is 11.6 Å². The largest absolute Gasteiger partial charge is 0.369 e. The standard InChI is InChI=1S/C20H19ClN6/c21-15-5-6-17-16(9-15)19(14(10-22)11-23-17)26-7-1-3-13(12-26)20-25-24-18-4-2-8-27(18)20/h5-6,9,11,13H,1-4,7-8,12H2. The molecule has 6 nitrogen and oxygen atoms in total. The average molecular weight is 379 g/mol. The summed E-state index contributed by atoms with van der Waals surface area (Å²) in [7, 11) is 0. The molecule has 2 aromatic heterocycles. The molecule has 1 aromatic carbocycles. The van der Waals surface area contributed by atoms with Gasteiger partial charge in [-0.3, -0.25) is 4.98 Å². The molecular weight excluding hydrogens is 360 g/mol. The highest BCUT2D eigenvalue weighted by atomic mass is 35.5. The fraction of sp³-hybridized carbons (Fsp3) is 0.400. The van der Waals surface area contributed by atoms with Crippen molar-refractivity contribution < 1.29 is 0 Å². The van der Waals surface area contributed by atoms with Crippen molar-refractivity contribution in [1.29, 1.82) is 5.26 Å². The van der Waals surface area contributed by atoms with Gasteiger partial charge in [0.15, 0.2) is 0 Å². The van der Waals surface area contributed by atoms with Crippen LogP contribution in [0.5, 0.6) is 0 Å². The van der Waals surface area contributed by atoms with E-state index in [1.165, 1.54) is 0 Å². The minimum absolute atomic E-state index is 0.326. The van der Waals surface area contributed by atoms with E-state index in [0.29, 0.717) is 16.5 Å².